The number of rotatable bonds is 4. The van der Waals surface area contributed by atoms with Gasteiger partial charge in [-0.15, -0.1) is 0 Å². The molecule has 19 heavy (non-hydrogen) atoms. The number of esters is 1. The predicted molar refractivity (Wildman–Crippen MR) is 71.7 cm³/mol. The molecule has 0 fully saturated rings. The van der Waals surface area contributed by atoms with Crippen molar-refractivity contribution >= 4 is 5.97 Å². The number of nitrogens with zero attached hydrogens (tertiary/aromatic N) is 2. The van der Waals surface area contributed by atoms with E-state index in [1.54, 1.807) is 18.5 Å². The van der Waals surface area contributed by atoms with E-state index in [9.17, 15) is 4.79 Å². The molecule has 0 N–H and O–H groups in total. The van der Waals surface area contributed by atoms with Crippen LogP contribution in [-0.4, -0.2) is 15.9 Å². The van der Waals surface area contributed by atoms with Gasteiger partial charge < -0.3 is 4.74 Å². The first-order valence-corrected chi connectivity index (χ1v) is 6.23. The summed E-state index contributed by atoms with van der Waals surface area (Å²) in [6, 6.07) is 7.33. The number of aromatic nitrogens is 2. The summed E-state index contributed by atoms with van der Waals surface area (Å²) in [5, 5.41) is 0. The van der Waals surface area contributed by atoms with Gasteiger partial charge in [-0.1, -0.05) is 13.0 Å². The van der Waals surface area contributed by atoms with Crippen LogP contribution in [-0.2, 0) is 17.8 Å². The van der Waals surface area contributed by atoms with Crippen LogP contribution in [0.1, 0.15) is 34.2 Å². The molecule has 2 aromatic heterocycles. The van der Waals surface area contributed by atoms with Gasteiger partial charge in [-0.3, -0.25) is 9.97 Å². The fraction of sp³-hybridized carbons (Fsp3) is 0.267. The topological polar surface area (TPSA) is 52.1 Å². The van der Waals surface area contributed by atoms with Crippen molar-refractivity contribution in [3.05, 3.63) is 59.2 Å². The number of carbonyl (C=O) groups excluding carboxylic acids is 1. The van der Waals surface area contributed by atoms with Crippen LogP contribution in [0.25, 0.3) is 0 Å². The predicted octanol–water partition coefficient (Wildman–Crippen LogP) is 2.70. The van der Waals surface area contributed by atoms with Crippen molar-refractivity contribution in [2.75, 3.05) is 0 Å². The number of pyridine rings is 2. The molecule has 0 atom stereocenters. The van der Waals surface area contributed by atoms with Crippen LogP contribution in [0, 0.1) is 6.92 Å². The van der Waals surface area contributed by atoms with Gasteiger partial charge in [0.2, 0.25) is 0 Å². The first kappa shape index (κ1) is 13.2. The van der Waals surface area contributed by atoms with Crippen molar-refractivity contribution in [1.82, 2.24) is 9.97 Å². The maximum Gasteiger partial charge on any atom is 0.338 e. The smallest absolute Gasteiger partial charge is 0.338 e. The number of hydrogen-bond donors (Lipinski definition) is 0. The molecule has 2 aromatic rings. The maximum absolute atomic E-state index is 12.0. The Morgan fingerprint density at radius 2 is 2.16 bits per heavy atom. The first-order chi connectivity index (χ1) is 9.20. The zero-order chi connectivity index (χ0) is 13.7. The standard InChI is InChI=1S/C15H16N2O2/c1-3-12-9-16-8-7-14(12)15(18)19-10-13-6-4-5-11(2)17-13/h4-9H,3,10H2,1-2H3. The number of carbonyl (C=O) groups is 1. The Hall–Kier alpha value is -2.23. The molecule has 4 nitrogen and oxygen atoms in total. The highest BCUT2D eigenvalue weighted by molar-refractivity contribution is 5.90. The van der Waals surface area contributed by atoms with Gasteiger partial charge in [-0.2, -0.15) is 0 Å². The Bertz CT molecular complexity index is 582. The van der Waals surface area contributed by atoms with E-state index in [0.29, 0.717) is 5.56 Å². The number of ether oxygens (including phenoxy) is 1. The second-order valence-corrected chi connectivity index (χ2v) is 4.23. The highest BCUT2D eigenvalue weighted by atomic mass is 16.5. The first-order valence-electron chi connectivity index (χ1n) is 6.23. The fourth-order valence-corrected chi connectivity index (χ4v) is 1.81. The zero-order valence-corrected chi connectivity index (χ0v) is 11.1. The van der Waals surface area contributed by atoms with E-state index in [2.05, 4.69) is 9.97 Å². The molecule has 0 aromatic carbocycles. The molecule has 0 aliphatic carbocycles. The van der Waals surface area contributed by atoms with Crippen LogP contribution in [0.5, 0.6) is 0 Å². The molecular formula is C15H16N2O2. The molecule has 0 saturated heterocycles. The van der Waals surface area contributed by atoms with E-state index in [1.807, 2.05) is 32.0 Å². The van der Waals surface area contributed by atoms with Gasteiger partial charge in [0.05, 0.1) is 11.3 Å². The minimum absolute atomic E-state index is 0.186. The Labute approximate surface area is 112 Å². The summed E-state index contributed by atoms with van der Waals surface area (Å²) in [4.78, 5) is 20.3. The third kappa shape index (κ3) is 3.37. The maximum atomic E-state index is 12.0. The monoisotopic (exact) mass is 256 g/mol. The van der Waals surface area contributed by atoms with Crippen LogP contribution in [0.4, 0.5) is 0 Å². The number of aryl methyl sites for hydroxylation is 2. The van der Waals surface area contributed by atoms with Crippen LogP contribution in [0.15, 0.2) is 36.7 Å². The molecule has 4 heteroatoms. The van der Waals surface area contributed by atoms with Crippen molar-refractivity contribution in [3.63, 3.8) is 0 Å². The van der Waals surface area contributed by atoms with E-state index in [1.165, 1.54) is 0 Å². The lowest BCUT2D eigenvalue weighted by molar-refractivity contribution is 0.0466. The summed E-state index contributed by atoms with van der Waals surface area (Å²) in [5.74, 6) is -0.331. The Balaban J connectivity index is 2.05. The molecule has 0 saturated carbocycles. The van der Waals surface area contributed by atoms with Gasteiger partial charge in [0.15, 0.2) is 0 Å². The molecule has 0 amide bonds. The Morgan fingerprint density at radius 1 is 1.32 bits per heavy atom. The van der Waals surface area contributed by atoms with Gasteiger partial charge in [-0.05, 0) is 37.1 Å². The third-order valence-corrected chi connectivity index (χ3v) is 2.80. The lowest BCUT2D eigenvalue weighted by atomic mass is 10.1. The van der Waals surface area contributed by atoms with E-state index in [-0.39, 0.29) is 12.6 Å². The molecule has 0 aliphatic rings. The van der Waals surface area contributed by atoms with Crippen LogP contribution >= 0.6 is 0 Å². The van der Waals surface area contributed by atoms with Gasteiger partial charge in [0.25, 0.3) is 0 Å². The summed E-state index contributed by atoms with van der Waals surface area (Å²) < 4.78 is 5.28. The average Bonchev–Trinajstić information content (AvgIpc) is 2.45. The largest absolute Gasteiger partial charge is 0.456 e. The van der Waals surface area contributed by atoms with Crippen molar-refractivity contribution in [1.29, 1.82) is 0 Å². The SMILES string of the molecule is CCc1cnccc1C(=O)OCc1cccc(C)n1. The molecule has 0 bridgehead atoms. The van der Waals surface area contributed by atoms with Crippen LogP contribution < -0.4 is 0 Å². The summed E-state index contributed by atoms with van der Waals surface area (Å²) in [7, 11) is 0. The minimum Gasteiger partial charge on any atom is -0.456 e. The van der Waals surface area contributed by atoms with Gasteiger partial charge >= 0.3 is 5.97 Å². The lowest BCUT2D eigenvalue weighted by Crippen LogP contribution is -2.09. The highest BCUT2D eigenvalue weighted by Crippen LogP contribution is 2.10. The van der Waals surface area contributed by atoms with Crippen LogP contribution in [0.3, 0.4) is 0 Å². The van der Waals surface area contributed by atoms with Gasteiger partial charge in [0, 0.05) is 18.1 Å². The molecule has 0 radical (unpaired) electrons. The Morgan fingerprint density at radius 3 is 2.89 bits per heavy atom. The van der Waals surface area contributed by atoms with E-state index >= 15 is 0 Å². The molecule has 0 spiro atoms. The van der Waals surface area contributed by atoms with Crippen molar-refractivity contribution in [2.45, 2.75) is 26.9 Å². The molecule has 98 valence electrons. The number of hydrogen-bond acceptors (Lipinski definition) is 4. The summed E-state index contributed by atoms with van der Waals surface area (Å²) in [6.07, 6.45) is 4.04. The van der Waals surface area contributed by atoms with Crippen molar-refractivity contribution in [3.8, 4) is 0 Å². The highest BCUT2D eigenvalue weighted by Gasteiger charge is 2.11. The van der Waals surface area contributed by atoms with Crippen molar-refractivity contribution in [2.24, 2.45) is 0 Å². The summed E-state index contributed by atoms with van der Waals surface area (Å²) in [5.41, 5.74) is 3.13. The molecular weight excluding hydrogens is 240 g/mol. The normalized spacial score (nSPS) is 10.2. The average molecular weight is 256 g/mol. The zero-order valence-electron chi connectivity index (χ0n) is 11.1. The lowest BCUT2D eigenvalue weighted by Gasteiger charge is -2.07. The Kier molecular flexibility index (Phi) is 4.23. The van der Waals surface area contributed by atoms with E-state index in [0.717, 1.165) is 23.4 Å². The quantitative estimate of drug-likeness (QED) is 0.789. The van der Waals surface area contributed by atoms with E-state index in [4.69, 9.17) is 4.74 Å². The van der Waals surface area contributed by atoms with Crippen LogP contribution in [0.2, 0.25) is 0 Å². The fourth-order valence-electron chi connectivity index (χ4n) is 1.81. The molecule has 0 aliphatic heterocycles. The molecule has 0 unspecified atom stereocenters. The van der Waals surface area contributed by atoms with Crippen molar-refractivity contribution < 1.29 is 9.53 Å². The molecule has 2 rings (SSSR count). The van der Waals surface area contributed by atoms with Gasteiger partial charge in [0.1, 0.15) is 6.61 Å². The molecule has 2 heterocycles. The summed E-state index contributed by atoms with van der Waals surface area (Å²) in [6.45, 7) is 4.07. The minimum atomic E-state index is -0.331. The van der Waals surface area contributed by atoms with Gasteiger partial charge in [-0.25, -0.2) is 4.79 Å². The second kappa shape index (κ2) is 6.09. The summed E-state index contributed by atoms with van der Waals surface area (Å²) >= 11 is 0. The third-order valence-electron chi connectivity index (χ3n) is 2.80. The second-order valence-electron chi connectivity index (χ2n) is 4.23. The van der Waals surface area contributed by atoms with E-state index < -0.39 is 0 Å².